The average molecular weight is 565 g/mol. The van der Waals surface area contributed by atoms with Gasteiger partial charge in [-0.25, -0.2) is 31.7 Å². The highest BCUT2D eigenvalue weighted by Gasteiger charge is 2.28. The minimum atomic E-state index is -4.38. The maximum atomic E-state index is 13.8. The Morgan fingerprint density at radius 2 is 1.78 bits per heavy atom. The third-order valence-electron chi connectivity index (χ3n) is 5.35. The van der Waals surface area contributed by atoms with Gasteiger partial charge >= 0.3 is 6.03 Å². The number of thiazole rings is 1. The van der Waals surface area contributed by atoms with E-state index in [1.54, 1.807) is 23.7 Å². The number of rotatable bonds is 7. The Labute approximate surface area is 219 Å². The molecule has 1 unspecified atom stereocenters. The van der Waals surface area contributed by atoms with Crippen LogP contribution in [-0.2, 0) is 21.2 Å². The van der Waals surface area contributed by atoms with E-state index in [0.29, 0.717) is 17.3 Å². The molecule has 0 radical (unpaired) electrons. The van der Waals surface area contributed by atoms with Crippen LogP contribution in [0.25, 0.3) is 10.2 Å². The summed E-state index contributed by atoms with van der Waals surface area (Å²) in [5, 5.41) is 2.20. The number of benzene rings is 3. The molecular formula is C24H19ClF2N4O4S2. The first-order valence-electron chi connectivity index (χ1n) is 10.7. The number of aromatic nitrogens is 1. The number of hydrogen-bond donors (Lipinski definition) is 2. The highest BCUT2D eigenvalue weighted by atomic mass is 35.5. The lowest BCUT2D eigenvalue weighted by Crippen LogP contribution is -2.52. The van der Waals surface area contributed by atoms with Crippen LogP contribution in [0, 0.1) is 11.6 Å². The molecule has 3 amide bonds. The van der Waals surface area contributed by atoms with Crippen LogP contribution in [0.5, 0.6) is 0 Å². The van der Waals surface area contributed by atoms with E-state index in [1.807, 2.05) is 4.72 Å². The molecule has 0 saturated carbocycles. The number of urea groups is 1. The van der Waals surface area contributed by atoms with Crippen molar-refractivity contribution in [1.29, 1.82) is 0 Å². The largest absolute Gasteiger partial charge is 0.329 e. The molecule has 2 N–H and O–H groups in total. The van der Waals surface area contributed by atoms with Crippen molar-refractivity contribution < 1.29 is 26.8 Å². The second kappa shape index (κ2) is 10.8. The topological polar surface area (TPSA) is 108 Å². The lowest BCUT2D eigenvalue weighted by atomic mass is 10.0. The summed E-state index contributed by atoms with van der Waals surface area (Å²) < 4.78 is 55.6. The first kappa shape index (κ1) is 26.5. The van der Waals surface area contributed by atoms with Crippen LogP contribution in [0.4, 0.5) is 19.3 Å². The van der Waals surface area contributed by atoms with Gasteiger partial charge in [-0.2, -0.15) is 0 Å². The number of carbonyl (C=O) groups is 2. The monoisotopic (exact) mass is 564 g/mol. The van der Waals surface area contributed by atoms with E-state index in [0.717, 1.165) is 16.8 Å². The summed E-state index contributed by atoms with van der Waals surface area (Å²) in [6.45, 7) is 0. The van der Waals surface area contributed by atoms with Crippen molar-refractivity contribution in [2.45, 2.75) is 17.4 Å². The molecule has 4 aromatic rings. The van der Waals surface area contributed by atoms with E-state index in [2.05, 4.69) is 10.3 Å². The quantitative estimate of drug-likeness (QED) is 0.344. The van der Waals surface area contributed by atoms with Crippen LogP contribution in [0.2, 0.25) is 5.02 Å². The summed E-state index contributed by atoms with van der Waals surface area (Å²) in [7, 11) is -2.93. The van der Waals surface area contributed by atoms with Crippen molar-refractivity contribution in [3.8, 4) is 0 Å². The van der Waals surface area contributed by atoms with Crippen molar-refractivity contribution >= 4 is 60.8 Å². The molecule has 4 rings (SSSR count). The summed E-state index contributed by atoms with van der Waals surface area (Å²) in [5.41, 5.74) is 2.84. The standard InChI is InChI=1S/C24H19ClF2N4O4S2/c1-31(17-6-7-21-19(12-17)28-13-36-21)23(32)20(10-14-8-15(26)11-16(27)9-14)29-24(33)30-37(34,35)22-5-3-2-4-18(22)25/h2-9,11-13,20H,10H2,1H3,(H2,29,30,33). The zero-order chi connectivity index (χ0) is 26.7. The summed E-state index contributed by atoms with van der Waals surface area (Å²) in [6, 6.07) is 10.7. The number of nitrogens with zero attached hydrogens (tertiary/aromatic N) is 2. The number of anilines is 1. The van der Waals surface area contributed by atoms with E-state index in [4.69, 9.17) is 11.6 Å². The van der Waals surface area contributed by atoms with Gasteiger partial charge in [0.1, 0.15) is 22.6 Å². The average Bonchev–Trinajstić information content (AvgIpc) is 3.30. The molecule has 13 heteroatoms. The summed E-state index contributed by atoms with van der Waals surface area (Å²) in [6.07, 6.45) is -0.323. The zero-order valence-corrected chi connectivity index (χ0v) is 21.5. The van der Waals surface area contributed by atoms with Gasteiger partial charge in [-0.1, -0.05) is 23.7 Å². The fourth-order valence-corrected chi connectivity index (χ4v) is 5.70. The van der Waals surface area contributed by atoms with Gasteiger partial charge in [0.15, 0.2) is 0 Å². The molecule has 192 valence electrons. The SMILES string of the molecule is CN(C(=O)C(Cc1cc(F)cc(F)c1)NC(=O)NS(=O)(=O)c1ccccc1Cl)c1ccc2scnc2c1. The second-order valence-corrected chi connectivity index (χ2v) is 10.9. The molecule has 0 saturated heterocycles. The first-order valence-corrected chi connectivity index (χ1v) is 13.4. The number of sulfonamides is 1. The predicted octanol–water partition coefficient (Wildman–Crippen LogP) is 4.49. The number of fused-ring (bicyclic) bond motifs is 1. The van der Waals surface area contributed by atoms with Gasteiger partial charge in [0.25, 0.3) is 10.0 Å². The Morgan fingerprint density at radius 1 is 1.08 bits per heavy atom. The number of nitrogens with one attached hydrogen (secondary N) is 2. The maximum Gasteiger partial charge on any atom is 0.329 e. The third-order valence-corrected chi connectivity index (χ3v) is 7.99. The van der Waals surface area contributed by atoms with Gasteiger partial charge in [0, 0.05) is 25.2 Å². The smallest absolute Gasteiger partial charge is 0.325 e. The van der Waals surface area contributed by atoms with Crippen molar-refractivity contribution in [2.75, 3.05) is 11.9 Å². The highest BCUT2D eigenvalue weighted by Crippen LogP contribution is 2.24. The van der Waals surface area contributed by atoms with E-state index in [1.165, 1.54) is 47.5 Å². The summed E-state index contributed by atoms with van der Waals surface area (Å²) >= 11 is 7.36. The summed E-state index contributed by atoms with van der Waals surface area (Å²) in [5.74, 6) is -2.40. The van der Waals surface area contributed by atoms with Crippen LogP contribution in [0.1, 0.15) is 5.56 Å². The minimum absolute atomic E-state index is 0.0773. The Kier molecular flexibility index (Phi) is 7.71. The fourth-order valence-electron chi connectivity index (χ4n) is 3.61. The zero-order valence-electron chi connectivity index (χ0n) is 19.1. The van der Waals surface area contributed by atoms with E-state index in [9.17, 15) is 26.8 Å². The lowest BCUT2D eigenvalue weighted by molar-refractivity contribution is -0.120. The van der Waals surface area contributed by atoms with Gasteiger partial charge in [0.2, 0.25) is 5.91 Å². The van der Waals surface area contributed by atoms with Crippen LogP contribution < -0.4 is 14.9 Å². The molecule has 1 aromatic heterocycles. The van der Waals surface area contributed by atoms with Gasteiger partial charge in [0.05, 0.1) is 20.7 Å². The molecule has 0 aliphatic carbocycles. The number of hydrogen-bond acceptors (Lipinski definition) is 6. The van der Waals surface area contributed by atoms with Crippen molar-refractivity contribution in [3.05, 3.63) is 88.4 Å². The molecule has 8 nitrogen and oxygen atoms in total. The second-order valence-electron chi connectivity index (χ2n) is 7.95. The molecule has 37 heavy (non-hydrogen) atoms. The van der Waals surface area contributed by atoms with Crippen LogP contribution >= 0.6 is 22.9 Å². The molecule has 3 aromatic carbocycles. The van der Waals surface area contributed by atoms with Crippen molar-refractivity contribution in [3.63, 3.8) is 0 Å². The Morgan fingerprint density at radius 3 is 2.49 bits per heavy atom. The van der Waals surface area contributed by atoms with Gasteiger partial charge in [-0.05, 0) is 48.0 Å². The summed E-state index contributed by atoms with van der Waals surface area (Å²) in [4.78, 5) is 31.3. The maximum absolute atomic E-state index is 13.8. The van der Waals surface area contributed by atoms with Gasteiger partial charge in [-0.3, -0.25) is 4.79 Å². The molecule has 0 aliphatic rings. The first-order chi connectivity index (χ1) is 17.5. The fraction of sp³-hybridized carbons (Fsp3) is 0.125. The number of halogens is 3. The number of likely N-dealkylation sites (N-methyl/N-ethyl adjacent to an activating group) is 1. The van der Waals surface area contributed by atoms with Crippen molar-refractivity contribution in [2.24, 2.45) is 0 Å². The van der Waals surface area contributed by atoms with E-state index >= 15 is 0 Å². The van der Waals surface area contributed by atoms with Crippen molar-refractivity contribution in [1.82, 2.24) is 15.0 Å². The highest BCUT2D eigenvalue weighted by molar-refractivity contribution is 7.90. The Balaban J connectivity index is 1.60. The molecule has 0 bridgehead atoms. The van der Waals surface area contributed by atoms with E-state index in [-0.39, 0.29) is 21.9 Å². The Hall–Kier alpha value is -3.61. The Bertz CT molecular complexity index is 1580. The van der Waals surface area contributed by atoms with Crippen LogP contribution in [0.15, 0.2) is 71.1 Å². The molecule has 0 fully saturated rings. The van der Waals surface area contributed by atoms with E-state index < -0.39 is 39.6 Å². The molecular weight excluding hydrogens is 546 g/mol. The number of carbonyl (C=O) groups excluding carboxylic acids is 2. The predicted molar refractivity (Wildman–Crippen MR) is 137 cm³/mol. The van der Waals surface area contributed by atoms with Crippen LogP contribution in [0.3, 0.4) is 0 Å². The van der Waals surface area contributed by atoms with Crippen LogP contribution in [-0.4, -0.2) is 38.4 Å². The molecule has 1 heterocycles. The third kappa shape index (κ3) is 6.21. The molecule has 0 spiro atoms. The normalized spacial score (nSPS) is 12.2. The van der Waals surface area contributed by atoms with Gasteiger partial charge < -0.3 is 10.2 Å². The lowest BCUT2D eigenvalue weighted by Gasteiger charge is -2.25. The minimum Gasteiger partial charge on any atom is -0.325 e. The molecule has 0 aliphatic heterocycles. The number of amides is 3. The van der Waals surface area contributed by atoms with Gasteiger partial charge in [-0.15, -0.1) is 11.3 Å². The molecule has 1 atom stereocenters.